The van der Waals surface area contributed by atoms with Gasteiger partial charge in [-0.25, -0.2) is 4.79 Å². The molecule has 180 valence electrons. The molecule has 1 aliphatic heterocycles. The summed E-state index contributed by atoms with van der Waals surface area (Å²) in [6.07, 6.45) is 3.70. The predicted octanol–water partition coefficient (Wildman–Crippen LogP) is 5.41. The smallest absolute Gasteiger partial charge is 0.345 e. The summed E-state index contributed by atoms with van der Waals surface area (Å²) in [7, 11) is 0. The van der Waals surface area contributed by atoms with Gasteiger partial charge in [-0.1, -0.05) is 78.9 Å². The molecule has 1 aromatic heterocycles. The van der Waals surface area contributed by atoms with Crippen LogP contribution in [0.3, 0.4) is 0 Å². The first-order chi connectivity index (χ1) is 17.3. The maximum Gasteiger partial charge on any atom is 0.345 e. The molecule has 2 atom stereocenters. The van der Waals surface area contributed by atoms with Crippen molar-refractivity contribution in [3.63, 3.8) is 0 Å². The number of hydrogen-bond donors (Lipinski definition) is 1. The first-order valence-corrected chi connectivity index (χ1v) is 11.7. The van der Waals surface area contributed by atoms with Gasteiger partial charge < -0.3 is 14.6 Å². The Kier molecular flexibility index (Phi) is 6.02. The lowest BCUT2D eigenvalue weighted by atomic mass is 9.80. The molecule has 6 heteroatoms. The molecule has 0 radical (unpaired) electrons. The van der Waals surface area contributed by atoms with Crippen LogP contribution in [0.4, 0.5) is 0 Å². The normalized spacial score (nSPS) is 16.7. The molecule has 0 amide bonds. The van der Waals surface area contributed by atoms with E-state index in [1.807, 2.05) is 79.1 Å². The molecule has 36 heavy (non-hydrogen) atoms. The van der Waals surface area contributed by atoms with Gasteiger partial charge in [0, 0.05) is 30.9 Å². The van der Waals surface area contributed by atoms with Crippen LogP contribution in [0.2, 0.25) is 0 Å². The fourth-order valence-electron chi connectivity index (χ4n) is 4.66. The van der Waals surface area contributed by atoms with E-state index in [0.717, 1.165) is 10.8 Å². The Hall–Kier alpha value is -4.45. The number of carbonyl (C=O) groups excluding carboxylic acids is 2. The molecular formula is C30H26NO5+. The quantitative estimate of drug-likeness (QED) is 0.227. The Balaban J connectivity index is 1.77. The van der Waals surface area contributed by atoms with Crippen LogP contribution in [0.25, 0.3) is 10.8 Å². The van der Waals surface area contributed by atoms with E-state index in [-0.39, 0.29) is 11.4 Å². The van der Waals surface area contributed by atoms with Gasteiger partial charge in [0.05, 0.1) is 5.92 Å². The molecule has 3 aromatic carbocycles. The van der Waals surface area contributed by atoms with Gasteiger partial charge in [0.15, 0.2) is 12.4 Å². The number of hydrogen-bond acceptors (Lipinski definition) is 5. The van der Waals surface area contributed by atoms with Gasteiger partial charge in [-0.15, -0.1) is 0 Å². The average Bonchev–Trinajstić information content (AvgIpc) is 2.87. The number of ether oxygens (including phenoxy) is 2. The number of aliphatic hydroxyl groups excluding tert-OH is 1. The molecule has 0 fully saturated rings. The summed E-state index contributed by atoms with van der Waals surface area (Å²) in [6, 6.07) is 26.9. The van der Waals surface area contributed by atoms with E-state index in [9.17, 15) is 14.7 Å². The van der Waals surface area contributed by atoms with E-state index in [1.165, 1.54) is 0 Å². The number of fused-ring (bicyclic) bond motifs is 1. The Bertz CT molecular complexity index is 1460. The number of carbonyl (C=O) groups is 2. The van der Waals surface area contributed by atoms with Crippen molar-refractivity contribution in [3.05, 3.63) is 126 Å². The van der Waals surface area contributed by atoms with Gasteiger partial charge in [0.2, 0.25) is 11.8 Å². The van der Waals surface area contributed by atoms with Crippen LogP contribution < -0.4 is 4.57 Å². The standard InChI is InChI=1S/C30H25NO5/c1-30(2)35-28(33)25(29(34)36-30)24(21-12-5-3-6-13-21)26(27(32)22-14-7-4-8-15-22)31-18-17-20-11-9-10-16-23(20)19-31/h3-19,24,26H,1-2H3/p+1. The van der Waals surface area contributed by atoms with Gasteiger partial charge in [0.25, 0.3) is 11.7 Å². The zero-order valence-corrected chi connectivity index (χ0v) is 20.0. The highest BCUT2D eigenvalue weighted by Gasteiger charge is 2.48. The summed E-state index contributed by atoms with van der Waals surface area (Å²) < 4.78 is 12.9. The summed E-state index contributed by atoms with van der Waals surface area (Å²) in [5.74, 6) is -3.72. The van der Waals surface area contributed by atoms with Crippen molar-refractivity contribution in [3.8, 4) is 0 Å². The van der Waals surface area contributed by atoms with Crippen molar-refractivity contribution in [2.75, 3.05) is 0 Å². The third kappa shape index (κ3) is 4.45. The molecule has 0 aliphatic carbocycles. The van der Waals surface area contributed by atoms with Crippen LogP contribution in [0.15, 0.2) is 115 Å². The van der Waals surface area contributed by atoms with E-state index in [1.54, 1.807) is 42.7 Å². The minimum absolute atomic E-state index is 0.101. The topological polar surface area (TPSA) is 76.7 Å². The lowest BCUT2D eigenvalue weighted by molar-refractivity contribution is -0.708. The third-order valence-corrected chi connectivity index (χ3v) is 6.28. The average molecular weight is 481 g/mol. The molecule has 0 saturated carbocycles. The lowest BCUT2D eigenvalue weighted by Crippen LogP contribution is -2.49. The highest BCUT2D eigenvalue weighted by Crippen LogP contribution is 2.40. The van der Waals surface area contributed by atoms with E-state index in [4.69, 9.17) is 9.47 Å². The number of pyridine rings is 1. The number of ketones is 1. The predicted molar refractivity (Wildman–Crippen MR) is 134 cm³/mol. The van der Waals surface area contributed by atoms with E-state index in [0.29, 0.717) is 11.1 Å². The van der Waals surface area contributed by atoms with Crippen LogP contribution in [0.5, 0.6) is 0 Å². The third-order valence-electron chi connectivity index (χ3n) is 6.28. The second-order valence-electron chi connectivity index (χ2n) is 9.19. The molecule has 4 aromatic rings. The lowest BCUT2D eigenvalue weighted by Gasteiger charge is -2.34. The minimum Gasteiger partial charge on any atom is -0.480 e. The molecule has 0 bridgehead atoms. The van der Waals surface area contributed by atoms with Crippen LogP contribution >= 0.6 is 0 Å². The zero-order valence-electron chi connectivity index (χ0n) is 20.0. The number of benzene rings is 3. The van der Waals surface area contributed by atoms with Crippen molar-refractivity contribution in [1.82, 2.24) is 0 Å². The second-order valence-corrected chi connectivity index (χ2v) is 9.19. The van der Waals surface area contributed by atoms with Gasteiger partial charge in [-0.3, -0.25) is 4.79 Å². The van der Waals surface area contributed by atoms with Gasteiger partial charge in [0.1, 0.15) is 5.57 Å². The maximum absolute atomic E-state index is 14.2. The molecule has 2 heterocycles. The number of nitrogens with zero attached hydrogens (tertiary/aromatic N) is 1. The number of rotatable bonds is 6. The number of aliphatic hydroxyl groups is 1. The first kappa shape index (κ1) is 23.3. The molecule has 6 nitrogen and oxygen atoms in total. The molecule has 5 rings (SSSR count). The van der Waals surface area contributed by atoms with Crippen molar-refractivity contribution >= 4 is 22.5 Å². The second kappa shape index (κ2) is 9.30. The van der Waals surface area contributed by atoms with E-state index in [2.05, 4.69) is 0 Å². The largest absolute Gasteiger partial charge is 0.480 e. The summed E-state index contributed by atoms with van der Waals surface area (Å²) in [5, 5.41) is 12.9. The fourth-order valence-corrected chi connectivity index (χ4v) is 4.66. The number of cyclic esters (lactones) is 1. The zero-order chi connectivity index (χ0) is 25.3. The SMILES string of the molecule is CC1(C)OC(=O)C(C(c2ccccc2)C(C(=O)c2ccccc2)[n+]2ccc3ccccc3c2)=C(O)O1. The van der Waals surface area contributed by atoms with Crippen molar-refractivity contribution in [2.24, 2.45) is 0 Å². The Labute approximate surface area is 209 Å². The molecule has 2 unspecified atom stereocenters. The van der Waals surface area contributed by atoms with Crippen molar-refractivity contribution < 1.29 is 28.7 Å². The molecule has 0 spiro atoms. The number of esters is 1. The van der Waals surface area contributed by atoms with Crippen LogP contribution in [-0.4, -0.2) is 22.6 Å². The van der Waals surface area contributed by atoms with Gasteiger partial charge >= 0.3 is 5.97 Å². The van der Waals surface area contributed by atoms with Crippen LogP contribution in [0, 0.1) is 0 Å². The summed E-state index contributed by atoms with van der Waals surface area (Å²) in [5.41, 5.74) is 1.04. The molecule has 1 aliphatic rings. The van der Waals surface area contributed by atoms with Crippen molar-refractivity contribution in [2.45, 2.75) is 31.6 Å². The van der Waals surface area contributed by atoms with Gasteiger partial charge in [-0.2, -0.15) is 4.57 Å². The highest BCUT2D eigenvalue weighted by atomic mass is 16.8. The monoisotopic (exact) mass is 480 g/mol. The number of aromatic nitrogens is 1. The summed E-state index contributed by atoms with van der Waals surface area (Å²) in [6.45, 7) is 3.08. The molecular weight excluding hydrogens is 454 g/mol. The Morgan fingerprint density at radius 2 is 1.44 bits per heavy atom. The van der Waals surface area contributed by atoms with E-state index < -0.39 is 29.7 Å². The highest BCUT2D eigenvalue weighted by molar-refractivity contribution is 6.01. The molecule has 1 N–H and O–H groups in total. The van der Waals surface area contributed by atoms with E-state index >= 15 is 0 Å². The number of Topliss-reactive ketones (excluding diaryl/α,β-unsaturated/α-hetero) is 1. The first-order valence-electron chi connectivity index (χ1n) is 11.7. The van der Waals surface area contributed by atoms with Crippen LogP contribution in [0.1, 0.15) is 41.7 Å². The fraction of sp³-hybridized carbons (Fsp3) is 0.167. The van der Waals surface area contributed by atoms with Crippen molar-refractivity contribution in [1.29, 1.82) is 0 Å². The Morgan fingerprint density at radius 1 is 0.833 bits per heavy atom. The molecule has 0 saturated heterocycles. The minimum atomic E-state index is -1.33. The van der Waals surface area contributed by atoms with Gasteiger partial charge in [-0.05, 0) is 17.0 Å². The maximum atomic E-state index is 14.2. The summed E-state index contributed by atoms with van der Waals surface area (Å²) in [4.78, 5) is 27.5. The van der Waals surface area contributed by atoms with Crippen LogP contribution in [-0.2, 0) is 14.3 Å². The summed E-state index contributed by atoms with van der Waals surface area (Å²) >= 11 is 0. The Morgan fingerprint density at radius 3 is 2.11 bits per heavy atom.